The summed E-state index contributed by atoms with van der Waals surface area (Å²) in [5, 5.41) is 13.4. The molecule has 0 saturated heterocycles. The van der Waals surface area contributed by atoms with Crippen LogP contribution >= 0.6 is 7.82 Å². The van der Waals surface area contributed by atoms with E-state index in [-0.39, 0.29) is 12.5 Å². The third-order valence-corrected chi connectivity index (χ3v) is 9.25. The standard InChI is InChI=1S/C45H77N2O6P/c1-6-8-10-11-12-13-14-15-16-17-18-19-20-21-22-23-24-25-26-27-28-29-30-31-32-33-34-35-37-39-45(49)46-43(44(48)38-36-9-7-2)42-53-54(50,51)52-41-40-47(3,4)5/h8,10,12-13,15-16,18-19,21-22,24-25,27-28,36,38,43-44,48H,6-7,9,11,14,17,20,23,26,29-35,37,39-42H2,1-5H3,(H-,46,49,50,51)/b10-8-,13-12-,16-15-,19-18-,22-21-,25-24-,28-27-,38-36+. The molecule has 3 atom stereocenters. The first kappa shape index (κ1) is 51.4. The number of likely N-dealkylation sites (N-methyl/N-ethyl adjacent to an activating group) is 1. The van der Waals surface area contributed by atoms with Crippen LogP contribution in [0.25, 0.3) is 0 Å². The van der Waals surface area contributed by atoms with Gasteiger partial charge >= 0.3 is 0 Å². The van der Waals surface area contributed by atoms with Crippen molar-refractivity contribution >= 4 is 13.7 Å². The van der Waals surface area contributed by atoms with E-state index in [1.165, 1.54) is 19.3 Å². The first-order valence-corrected chi connectivity index (χ1v) is 22.1. The van der Waals surface area contributed by atoms with Crippen molar-refractivity contribution in [3.05, 3.63) is 97.2 Å². The summed E-state index contributed by atoms with van der Waals surface area (Å²) in [6.45, 7) is 4.26. The second-order valence-electron chi connectivity index (χ2n) is 14.6. The number of rotatable bonds is 35. The largest absolute Gasteiger partial charge is 0.756 e. The summed E-state index contributed by atoms with van der Waals surface area (Å²) in [7, 11) is 1.22. The number of carbonyl (C=O) groups excluding carboxylic acids is 1. The minimum Gasteiger partial charge on any atom is -0.756 e. The monoisotopic (exact) mass is 773 g/mol. The first-order chi connectivity index (χ1) is 26.0. The predicted molar refractivity (Wildman–Crippen MR) is 228 cm³/mol. The highest BCUT2D eigenvalue weighted by atomic mass is 31.2. The Balaban J connectivity index is 4.02. The van der Waals surface area contributed by atoms with Crippen molar-refractivity contribution in [2.75, 3.05) is 40.9 Å². The molecule has 0 rings (SSSR count). The molecule has 54 heavy (non-hydrogen) atoms. The van der Waals surface area contributed by atoms with Gasteiger partial charge in [-0.15, -0.1) is 0 Å². The molecule has 0 bridgehead atoms. The van der Waals surface area contributed by atoms with Crippen LogP contribution in [0.15, 0.2) is 97.2 Å². The number of amides is 1. The minimum absolute atomic E-state index is 0.0109. The molecule has 0 spiro atoms. The Morgan fingerprint density at radius 1 is 0.667 bits per heavy atom. The number of nitrogens with zero attached hydrogens (tertiary/aromatic N) is 1. The highest BCUT2D eigenvalue weighted by Gasteiger charge is 2.23. The van der Waals surface area contributed by atoms with Crippen LogP contribution in [0.2, 0.25) is 0 Å². The van der Waals surface area contributed by atoms with Gasteiger partial charge in [0.15, 0.2) is 0 Å². The molecule has 2 N–H and O–H groups in total. The average molecular weight is 773 g/mol. The van der Waals surface area contributed by atoms with Crippen LogP contribution in [0, 0.1) is 0 Å². The molecule has 0 heterocycles. The van der Waals surface area contributed by atoms with Crippen LogP contribution in [0.1, 0.15) is 129 Å². The number of aliphatic hydroxyl groups excluding tert-OH is 1. The molecule has 0 saturated carbocycles. The number of carbonyl (C=O) groups is 1. The average Bonchev–Trinajstić information content (AvgIpc) is 3.12. The second-order valence-corrected chi connectivity index (χ2v) is 16.0. The van der Waals surface area contributed by atoms with Gasteiger partial charge in [-0.1, -0.05) is 150 Å². The van der Waals surface area contributed by atoms with Crippen molar-refractivity contribution in [3.63, 3.8) is 0 Å². The smallest absolute Gasteiger partial charge is 0.268 e. The van der Waals surface area contributed by atoms with Gasteiger partial charge in [0.05, 0.1) is 39.9 Å². The van der Waals surface area contributed by atoms with Gasteiger partial charge in [0.2, 0.25) is 5.91 Å². The number of hydrogen-bond acceptors (Lipinski definition) is 6. The predicted octanol–water partition coefficient (Wildman–Crippen LogP) is 10.6. The lowest BCUT2D eigenvalue weighted by Gasteiger charge is -2.29. The van der Waals surface area contributed by atoms with E-state index in [4.69, 9.17) is 9.05 Å². The molecule has 0 fully saturated rings. The molecule has 3 unspecified atom stereocenters. The molecule has 0 aromatic heterocycles. The van der Waals surface area contributed by atoms with Crippen molar-refractivity contribution < 1.29 is 32.9 Å². The fourth-order valence-electron chi connectivity index (χ4n) is 5.02. The zero-order valence-electron chi connectivity index (χ0n) is 34.6. The number of unbranched alkanes of at least 4 members (excludes halogenated alkanes) is 8. The Morgan fingerprint density at radius 3 is 1.61 bits per heavy atom. The number of quaternary nitrogens is 1. The quantitative estimate of drug-likeness (QED) is 0.0287. The molecule has 0 aromatic carbocycles. The molecule has 0 radical (unpaired) electrons. The van der Waals surface area contributed by atoms with Gasteiger partial charge in [0.25, 0.3) is 7.82 Å². The lowest BCUT2D eigenvalue weighted by Crippen LogP contribution is -2.45. The van der Waals surface area contributed by atoms with Crippen molar-refractivity contribution in [1.82, 2.24) is 5.32 Å². The molecule has 0 aliphatic carbocycles. The number of allylic oxidation sites excluding steroid dienone is 15. The number of aliphatic hydroxyl groups is 1. The Labute approximate surface area is 330 Å². The number of hydrogen-bond donors (Lipinski definition) is 2. The van der Waals surface area contributed by atoms with E-state index in [2.05, 4.69) is 97.3 Å². The van der Waals surface area contributed by atoms with E-state index in [0.29, 0.717) is 17.4 Å². The lowest BCUT2D eigenvalue weighted by molar-refractivity contribution is -0.870. The van der Waals surface area contributed by atoms with Crippen molar-refractivity contribution in [2.24, 2.45) is 0 Å². The molecule has 9 heteroatoms. The lowest BCUT2D eigenvalue weighted by atomic mass is 10.1. The molecule has 0 aliphatic heterocycles. The maximum Gasteiger partial charge on any atom is 0.268 e. The zero-order valence-corrected chi connectivity index (χ0v) is 35.5. The van der Waals surface area contributed by atoms with Gasteiger partial charge in [-0.05, 0) is 70.6 Å². The summed E-state index contributed by atoms with van der Waals surface area (Å²) < 4.78 is 22.8. The van der Waals surface area contributed by atoms with Crippen LogP contribution in [-0.2, 0) is 18.4 Å². The molecule has 8 nitrogen and oxygen atoms in total. The van der Waals surface area contributed by atoms with E-state index >= 15 is 0 Å². The van der Waals surface area contributed by atoms with Crippen LogP contribution in [-0.4, -0.2) is 68.5 Å². The fraction of sp³-hybridized carbons (Fsp3) is 0.622. The Kier molecular flexibility index (Phi) is 34.4. The van der Waals surface area contributed by atoms with Gasteiger partial charge < -0.3 is 28.8 Å². The van der Waals surface area contributed by atoms with E-state index < -0.39 is 26.6 Å². The summed E-state index contributed by atoms with van der Waals surface area (Å²) in [6.07, 6.45) is 51.2. The van der Waals surface area contributed by atoms with E-state index in [1.54, 1.807) is 6.08 Å². The van der Waals surface area contributed by atoms with Gasteiger partial charge in [-0.25, -0.2) is 0 Å². The third kappa shape index (κ3) is 37.7. The summed E-state index contributed by atoms with van der Waals surface area (Å²) in [5.41, 5.74) is 0. The van der Waals surface area contributed by atoms with Gasteiger partial charge in [0, 0.05) is 6.42 Å². The van der Waals surface area contributed by atoms with E-state index in [0.717, 1.165) is 89.9 Å². The number of phosphoric acid groups is 1. The normalized spacial score (nSPS) is 15.5. The van der Waals surface area contributed by atoms with Gasteiger partial charge in [-0.3, -0.25) is 9.36 Å². The summed E-state index contributed by atoms with van der Waals surface area (Å²) in [6, 6.07) is -0.894. The molecule has 0 aliphatic rings. The Morgan fingerprint density at radius 2 is 1.13 bits per heavy atom. The van der Waals surface area contributed by atoms with Crippen molar-refractivity contribution in [1.29, 1.82) is 0 Å². The molecular weight excluding hydrogens is 695 g/mol. The Hall–Kier alpha value is -2.58. The van der Waals surface area contributed by atoms with Crippen LogP contribution in [0.4, 0.5) is 0 Å². The highest BCUT2D eigenvalue weighted by Crippen LogP contribution is 2.38. The molecule has 0 aromatic rings. The minimum atomic E-state index is -4.57. The third-order valence-electron chi connectivity index (χ3n) is 8.28. The van der Waals surface area contributed by atoms with Gasteiger partial charge in [0.1, 0.15) is 13.2 Å². The highest BCUT2D eigenvalue weighted by molar-refractivity contribution is 7.45. The Bertz CT molecular complexity index is 1190. The molecular formula is C45H77N2O6P. The zero-order chi connectivity index (χ0) is 40.0. The number of phosphoric ester groups is 1. The van der Waals surface area contributed by atoms with Crippen LogP contribution in [0.3, 0.4) is 0 Å². The topological polar surface area (TPSA) is 108 Å². The van der Waals surface area contributed by atoms with Crippen LogP contribution < -0.4 is 10.2 Å². The summed E-state index contributed by atoms with van der Waals surface area (Å²) >= 11 is 0. The van der Waals surface area contributed by atoms with Crippen molar-refractivity contribution in [2.45, 2.75) is 142 Å². The van der Waals surface area contributed by atoms with Crippen molar-refractivity contribution in [3.8, 4) is 0 Å². The van der Waals surface area contributed by atoms with Gasteiger partial charge in [-0.2, -0.15) is 0 Å². The molecule has 308 valence electrons. The first-order valence-electron chi connectivity index (χ1n) is 20.6. The summed E-state index contributed by atoms with van der Waals surface area (Å²) in [5.74, 6) is -0.228. The number of nitrogens with one attached hydrogen (secondary N) is 1. The summed E-state index contributed by atoms with van der Waals surface area (Å²) in [4.78, 5) is 24.9. The fourth-order valence-corrected chi connectivity index (χ4v) is 5.74. The molecule has 1 amide bonds. The second kappa shape index (κ2) is 36.1. The van der Waals surface area contributed by atoms with Crippen LogP contribution in [0.5, 0.6) is 0 Å². The van der Waals surface area contributed by atoms with E-state index in [9.17, 15) is 19.4 Å². The maximum atomic E-state index is 12.6. The van der Waals surface area contributed by atoms with E-state index in [1.807, 2.05) is 34.1 Å². The maximum absolute atomic E-state index is 12.6. The SMILES string of the molecule is CC/C=C\C/C=C\C/C=C\C/C=C\C/C=C\C/C=C\C/C=C\CCCCCCCCCC(=O)NC(COP(=O)([O-])OCC[N+](C)(C)C)C(O)/C=C/CCC.